The summed E-state index contributed by atoms with van der Waals surface area (Å²) in [6.45, 7) is 3.09. The zero-order chi connectivity index (χ0) is 17.4. The van der Waals surface area contributed by atoms with Crippen LogP contribution in [0.15, 0.2) is 47.1 Å². The van der Waals surface area contributed by atoms with Crippen LogP contribution >= 0.6 is 0 Å². The summed E-state index contributed by atoms with van der Waals surface area (Å²) in [5, 5.41) is 19.5. The van der Waals surface area contributed by atoms with Crippen molar-refractivity contribution in [3.8, 4) is 0 Å². The lowest BCUT2D eigenvalue weighted by atomic mass is 10.2. The molecule has 1 aromatic carbocycles. The van der Waals surface area contributed by atoms with Crippen molar-refractivity contribution < 1.29 is 14.1 Å². The maximum absolute atomic E-state index is 11.7. The highest BCUT2D eigenvalue weighted by Crippen LogP contribution is 2.15. The zero-order valence-electron chi connectivity index (χ0n) is 13.3. The average molecular weight is 332 g/mol. The summed E-state index contributed by atoms with van der Waals surface area (Å²) in [6, 6.07) is 9.74. The summed E-state index contributed by atoms with van der Waals surface area (Å²) in [4.78, 5) is 21.9. The molecule has 2 aromatic rings. The van der Waals surface area contributed by atoms with E-state index >= 15 is 0 Å². The Bertz CT molecular complexity index is 655. The van der Waals surface area contributed by atoms with Crippen LogP contribution in [0.5, 0.6) is 0 Å². The zero-order valence-corrected chi connectivity index (χ0v) is 13.3. The molecule has 0 saturated carbocycles. The summed E-state index contributed by atoms with van der Waals surface area (Å²) in [7, 11) is 0. The van der Waals surface area contributed by atoms with E-state index in [4.69, 9.17) is 4.42 Å². The van der Waals surface area contributed by atoms with Gasteiger partial charge in [-0.15, -0.1) is 0 Å². The van der Waals surface area contributed by atoms with E-state index in [1.165, 1.54) is 12.1 Å². The summed E-state index contributed by atoms with van der Waals surface area (Å²) in [5.74, 6) is 0.668. The number of furan rings is 1. The predicted octanol–water partition coefficient (Wildman–Crippen LogP) is 2.07. The Hall–Kier alpha value is -2.87. The first-order valence-electron chi connectivity index (χ1n) is 7.58. The van der Waals surface area contributed by atoms with Gasteiger partial charge < -0.3 is 15.1 Å². The Morgan fingerprint density at radius 2 is 2.00 bits per heavy atom. The second-order valence-corrected chi connectivity index (χ2v) is 5.20. The number of hydrogen-bond acceptors (Lipinski definition) is 6. The number of nitro groups is 1. The molecule has 128 valence electrons. The number of amides is 1. The maximum Gasteiger partial charge on any atom is 0.269 e. The molecule has 8 heteroatoms. The van der Waals surface area contributed by atoms with Gasteiger partial charge in [-0.25, -0.2) is 0 Å². The number of anilines is 1. The Labute approximate surface area is 139 Å². The van der Waals surface area contributed by atoms with Gasteiger partial charge in [-0.2, -0.15) is 0 Å². The molecular weight excluding hydrogens is 312 g/mol. The van der Waals surface area contributed by atoms with Crippen molar-refractivity contribution in [2.45, 2.75) is 13.0 Å². The normalized spacial score (nSPS) is 11.7. The second kappa shape index (κ2) is 8.68. The van der Waals surface area contributed by atoms with Crippen LogP contribution < -0.4 is 16.0 Å². The molecule has 1 amide bonds. The molecule has 1 heterocycles. The van der Waals surface area contributed by atoms with Gasteiger partial charge >= 0.3 is 0 Å². The van der Waals surface area contributed by atoms with Gasteiger partial charge in [0.2, 0.25) is 5.91 Å². The van der Waals surface area contributed by atoms with Crippen LogP contribution in [-0.4, -0.2) is 30.5 Å². The highest BCUT2D eigenvalue weighted by molar-refractivity contribution is 5.78. The Kier molecular flexibility index (Phi) is 6.32. The van der Waals surface area contributed by atoms with Crippen LogP contribution in [0.2, 0.25) is 0 Å². The second-order valence-electron chi connectivity index (χ2n) is 5.20. The van der Waals surface area contributed by atoms with Gasteiger partial charge in [-0.3, -0.25) is 20.2 Å². The van der Waals surface area contributed by atoms with Gasteiger partial charge in [0.25, 0.3) is 5.69 Å². The number of nitro benzene ring substituents is 1. The van der Waals surface area contributed by atoms with Gasteiger partial charge in [0.05, 0.1) is 23.8 Å². The molecule has 0 aliphatic carbocycles. The van der Waals surface area contributed by atoms with E-state index in [0.717, 1.165) is 11.4 Å². The molecule has 0 unspecified atom stereocenters. The van der Waals surface area contributed by atoms with E-state index in [1.54, 1.807) is 24.5 Å². The van der Waals surface area contributed by atoms with Crippen molar-refractivity contribution in [3.63, 3.8) is 0 Å². The van der Waals surface area contributed by atoms with Crippen molar-refractivity contribution >= 4 is 17.3 Å². The average Bonchev–Trinajstić information content (AvgIpc) is 3.11. The van der Waals surface area contributed by atoms with Gasteiger partial charge in [0, 0.05) is 30.9 Å². The summed E-state index contributed by atoms with van der Waals surface area (Å²) in [6.07, 6.45) is 1.59. The predicted molar refractivity (Wildman–Crippen MR) is 89.7 cm³/mol. The fourth-order valence-electron chi connectivity index (χ4n) is 2.06. The van der Waals surface area contributed by atoms with Crippen LogP contribution in [0.1, 0.15) is 18.7 Å². The minimum Gasteiger partial charge on any atom is -0.468 e. The number of hydrogen-bond donors (Lipinski definition) is 3. The summed E-state index contributed by atoms with van der Waals surface area (Å²) >= 11 is 0. The molecule has 0 radical (unpaired) electrons. The number of carbonyl (C=O) groups is 1. The molecule has 3 N–H and O–H groups in total. The van der Waals surface area contributed by atoms with Crippen LogP contribution in [0.3, 0.4) is 0 Å². The van der Waals surface area contributed by atoms with Crippen molar-refractivity contribution in [1.82, 2.24) is 10.6 Å². The van der Waals surface area contributed by atoms with Crippen LogP contribution in [0.25, 0.3) is 0 Å². The number of nitrogens with zero attached hydrogens (tertiary/aromatic N) is 1. The monoisotopic (exact) mass is 332 g/mol. The SMILES string of the molecule is C[C@H](NCC(=O)NCCNc1ccc([N+](=O)[O-])cc1)c1ccco1. The van der Waals surface area contributed by atoms with E-state index in [2.05, 4.69) is 16.0 Å². The first-order chi connectivity index (χ1) is 11.6. The van der Waals surface area contributed by atoms with Crippen molar-refractivity contribution in [3.05, 3.63) is 58.5 Å². The van der Waals surface area contributed by atoms with Crippen LogP contribution in [0, 0.1) is 10.1 Å². The van der Waals surface area contributed by atoms with E-state index in [-0.39, 0.29) is 24.2 Å². The van der Waals surface area contributed by atoms with Gasteiger partial charge in [-0.1, -0.05) is 0 Å². The number of carbonyl (C=O) groups excluding carboxylic acids is 1. The Morgan fingerprint density at radius 3 is 2.62 bits per heavy atom. The Balaban J connectivity index is 1.61. The largest absolute Gasteiger partial charge is 0.468 e. The lowest BCUT2D eigenvalue weighted by Gasteiger charge is -2.12. The topological polar surface area (TPSA) is 109 Å². The lowest BCUT2D eigenvalue weighted by molar-refractivity contribution is -0.384. The number of benzene rings is 1. The van der Waals surface area contributed by atoms with Crippen molar-refractivity contribution in [2.24, 2.45) is 0 Å². The van der Waals surface area contributed by atoms with Gasteiger partial charge in [0.15, 0.2) is 0 Å². The fourth-order valence-corrected chi connectivity index (χ4v) is 2.06. The molecule has 0 saturated heterocycles. The molecule has 0 spiro atoms. The molecule has 0 aliphatic rings. The quantitative estimate of drug-likeness (QED) is 0.368. The molecule has 0 aliphatic heterocycles. The van der Waals surface area contributed by atoms with E-state index < -0.39 is 4.92 Å². The van der Waals surface area contributed by atoms with Crippen molar-refractivity contribution in [1.29, 1.82) is 0 Å². The first-order valence-corrected chi connectivity index (χ1v) is 7.58. The molecule has 1 aromatic heterocycles. The molecule has 24 heavy (non-hydrogen) atoms. The molecule has 2 rings (SSSR count). The first kappa shape index (κ1) is 17.5. The summed E-state index contributed by atoms with van der Waals surface area (Å²) in [5.41, 5.74) is 0.810. The lowest BCUT2D eigenvalue weighted by Crippen LogP contribution is -2.37. The van der Waals surface area contributed by atoms with Gasteiger partial charge in [0.1, 0.15) is 5.76 Å². The molecular formula is C16H20N4O4. The number of rotatable bonds is 9. The smallest absolute Gasteiger partial charge is 0.269 e. The third-order valence-corrected chi connectivity index (χ3v) is 3.39. The standard InChI is InChI=1S/C16H20N4O4/c1-12(15-3-2-10-24-15)19-11-16(21)18-9-8-17-13-4-6-14(7-5-13)20(22)23/h2-7,10,12,17,19H,8-9,11H2,1H3,(H,18,21)/t12-/m0/s1. The maximum atomic E-state index is 11.7. The van der Waals surface area contributed by atoms with E-state index in [1.807, 2.05) is 13.0 Å². The highest BCUT2D eigenvalue weighted by Gasteiger charge is 2.09. The molecule has 0 bridgehead atoms. The third-order valence-electron chi connectivity index (χ3n) is 3.39. The highest BCUT2D eigenvalue weighted by atomic mass is 16.6. The Morgan fingerprint density at radius 1 is 1.25 bits per heavy atom. The van der Waals surface area contributed by atoms with Gasteiger partial charge in [-0.05, 0) is 31.2 Å². The molecule has 1 atom stereocenters. The molecule has 8 nitrogen and oxygen atoms in total. The minimum absolute atomic E-state index is 0.0380. The van der Waals surface area contributed by atoms with E-state index in [0.29, 0.717) is 13.1 Å². The van der Waals surface area contributed by atoms with Crippen molar-refractivity contribution in [2.75, 3.05) is 25.0 Å². The van der Waals surface area contributed by atoms with E-state index in [9.17, 15) is 14.9 Å². The van der Waals surface area contributed by atoms with Crippen LogP contribution in [-0.2, 0) is 4.79 Å². The minimum atomic E-state index is -0.444. The fraction of sp³-hybridized carbons (Fsp3) is 0.312. The number of non-ortho nitro benzene ring substituents is 1. The third kappa shape index (κ3) is 5.40. The number of nitrogens with one attached hydrogen (secondary N) is 3. The van der Waals surface area contributed by atoms with Crippen LogP contribution in [0.4, 0.5) is 11.4 Å². The molecule has 0 fully saturated rings. The summed E-state index contributed by atoms with van der Waals surface area (Å²) < 4.78 is 5.25.